The molecule has 0 radical (unpaired) electrons. The Morgan fingerprint density at radius 3 is 2.72 bits per heavy atom. The van der Waals surface area contributed by atoms with E-state index in [1.807, 2.05) is 18.7 Å². The van der Waals surface area contributed by atoms with E-state index in [0.717, 1.165) is 54.3 Å². The van der Waals surface area contributed by atoms with Crippen LogP contribution in [0.25, 0.3) is 22.6 Å². The van der Waals surface area contributed by atoms with Gasteiger partial charge in [-0.3, -0.25) is 4.79 Å². The van der Waals surface area contributed by atoms with Crippen LogP contribution in [-0.4, -0.2) is 59.4 Å². The second-order valence-corrected chi connectivity index (χ2v) is 7.32. The number of imidazole rings is 1. The quantitative estimate of drug-likeness (QED) is 0.685. The van der Waals surface area contributed by atoms with Crippen LogP contribution in [0.5, 0.6) is 0 Å². The summed E-state index contributed by atoms with van der Waals surface area (Å²) in [7, 11) is 0. The molecule has 1 amide bonds. The Balaban J connectivity index is 1.68. The van der Waals surface area contributed by atoms with Crippen molar-refractivity contribution in [2.75, 3.05) is 18.4 Å². The van der Waals surface area contributed by atoms with Gasteiger partial charge in [0.1, 0.15) is 18.0 Å². The molecule has 0 aromatic carbocycles. The average Bonchev–Trinajstić information content (AvgIpc) is 3.34. The molecular weight excluding hydrogens is 368 g/mol. The fourth-order valence-electron chi connectivity index (χ4n) is 3.73. The minimum Gasteiger partial charge on any atom is -0.364 e. The highest BCUT2D eigenvalue weighted by Crippen LogP contribution is 2.27. The molecule has 0 bridgehead atoms. The van der Waals surface area contributed by atoms with Crippen LogP contribution in [0.2, 0.25) is 0 Å². The minimum absolute atomic E-state index is 0.158. The molecule has 9 heteroatoms. The maximum Gasteiger partial charge on any atom is 0.222 e. The van der Waals surface area contributed by atoms with Gasteiger partial charge in [0.25, 0.3) is 0 Å². The second kappa shape index (κ2) is 8.10. The highest BCUT2D eigenvalue weighted by atomic mass is 16.2. The molecule has 0 spiro atoms. The van der Waals surface area contributed by atoms with Gasteiger partial charge in [0.05, 0.1) is 5.56 Å². The lowest BCUT2D eigenvalue weighted by Gasteiger charge is -2.16. The molecule has 1 unspecified atom stereocenters. The first kappa shape index (κ1) is 19.2. The van der Waals surface area contributed by atoms with Crippen molar-refractivity contribution in [1.29, 1.82) is 0 Å². The molecule has 9 nitrogen and oxygen atoms in total. The standard InChI is InChI=1S/C20H26N8O/c1-4-7-28-19(14-9-21-13(3)22-10-14)26-17-18(23-12-24-20(17)28)25-15-6-8-27(11-15)16(29)5-2/h9-10,12,15H,4-8,11H2,1-3H3,(H,23,24,25). The lowest BCUT2D eigenvalue weighted by molar-refractivity contribution is -0.129. The van der Waals surface area contributed by atoms with E-state index in [4.69, 9.17) is 4.98 Å². The van der Waals surface area contributed by atoms with Crippen molar-refractivity contribution < 1.29 is 4.79 Å². The summed E-state index contributed by atoms with van der Waals surface area (Å²) < 4.78 is 2.10. The predicted octanol–water partition coefficient (Wildman–Crippen LogP) is 2.42. The molecule has 0 aliphatic carbocycles. The lowest BCUT2D eigenvalue weighted by atomic mass is 10.2. The number of hydrogen-bond donors (Lipinski definition) is 1. The maximum atomic E-state index is 12.0. The summed E-state index contributed by atoms with van der Waals surface area (Å²) in [5.41, 5.74) is 2.38. The Morgan fingerprint density at radius 1 is 1.21 bits per heavy atom. The molecule has 3 aromatic heterocycles. The molecule has 3 aromatic rings. The molecular formula is C20H26N8O. The lowest BCUT2D eigenvalue weighted by Crippen LogP contribution is -2.31. The summed E-state index contributed by atoms with van der Waals surface area (Å²) >= 11 is 0. The molecule has 1 aliphatic heterocycles. The van der Waals surface area contributed by atoms with Crippen LogP contribution in [-0.2, 0) is 11.3 Å². The van der Waals surface area contributed by atoms with E-state index < -0.39 is 0 Å². The molecule has 29 heavy (non-hydrogen) atoms. The first-order valence-corrected chi connectivity index (χ1v) is 10.1. The van der Waals surface area contributed by atoms with E-state index in [-0.39, 0.29) is 11.9 Å². The number of hydrogen-bond acceptors (Lipinski definition) is 7. The van der Waals surface area contributed by atoms with Crippen LogP contribution in [0.15, 0.2) is 18.7 Å². The number of fused-ring (bicyclic) bond motifs is 1. The summed E-state index contributed by atoms with van der Waals surface area (Å²) in [5.74, 6) is 2.41. The van der Waals surface area contributed by atoms with Crippen LogP contribution < -0.4 is 5.32 Å². The summed E-state index contributed by atoms with van der Waals surface area (Å²) in [6.07, 6.45) is 7.54. The molecule has 1 N–H and O–H groups in total. The number of nitrogens with zero attached hydrogens (tertiary/aromatic N) is 7. The number of carbonyl (C=O) groups is 1. The topological polar surface area (TPSA) is 102 Å². The van der Waals surface area contributed by atoms with Crippen molar-refractivity contribution in [2.24, 2.45) is 0 Å². The third kappa shape index (κ3) is 3.76. The van der Waals surface area contributed by atoms with Gasteiger partial charge in [-0.15, -0.1) is 0 Å². The van der Waals surface area contributed by atoms with Crippen molar-refractivity contribution in [1.82, 2.24) is 34.4 Å². The minimum atomic E-state index is 0.158. The first-order chi connectivity index (χ1) is 14.1. The van der Waals surface area contributed by atoms with E-state index in [0.29, 0.717) is 18.8 Å². The van der Waals surface area contributed by atoms with Crippen molar-refractivity contribution in [3.8, 4) is 11.4 Å². The number of rotatable bonds is 6. The smallest absolute Gasteiger partial charge is 0.222 e. The SMILES string of the molecule is CCCn1c(-c2cnc(C)nc2)nc2c(NC3CCN(C(=O)CC)C3)ncnc21. The van der Waals surface area contributed by atoms with Gasteiger partial charge >= 0.3 is 0 Å². The van der Waals surface area contributed by atoms with E-state index >= 15 is 0 Å². The van der Waals surface area contributed by atoms with Crippen molar-refractivity contribution in [3.63, 3.8) is 0 Å². The first-order valence-electron chi connectivity index (χ1n) is 10.1. The van der Waals surface area contributed by atoms with Crippen molar-refractivity contribution in [2.45, 2.75) is 52.6 Å². The molecule has 1 saturated heterocycles. The zero-order valence-electron chi connectivity index (χ0n) is 17.1. The van der Waals surface area contributed by atoms with Crippen LogP contribution in [0, 0.1) is 6.92 Å². The zero-order chi connectivity index (χ0) is 20.4. The normalized spacial score (nSPS) is 16.5. The molecule has 0 saturated carbocycles. The van der Waals surface area contributed by atoms with E-state index in [9.17, 15) is 4.79 Å². The summed E-state index contributed by atoms with van der Waals surface area (Å²) in [5, 5.41) is 3.48. The predicted molar refractivity (Wildman–Crippen MR) is 110 cm³/mol. The van der Waals surface area contributed by atoms with E-state index in [2.05, 4.69) is 36.7 Å². The number of anilines is 1. The highest BCUT2D eigenvalue weighted by molar-refractivity contribution is 5.86. The number of likely N-dealkylation sites (tertiary alicyclic amines) is 1. The third-order valence-corrected chi connectivity index (χ3v) is 5.20. The Labute approximate surface area is 169 Å². The largest absolute Gasteiger partial charge is 0.364 e. The van der Waals surface area contributed by atoms with Gasteiger partial charge in [-0.2, -0.15) is 0 Å². The van der Waals surface area contributed by atoms with Gasteiger partial charge in [-0.05, 0) is 19.8 Å². The number of aromatic nitrogens is 6. The number of carbonyl (C=O) groups excluding carboxylic acids is 1. The number of aryl methyl sites for hydroxylation is 2. The van der Waals surface area contributed by atoms with E-state index in [1.54, 1.807) is 18.7 Å². The van der Waals surface area contributed by atoms with Crippen LogP contribution in [0.1, 0.15) is 38.9 Å². The Bertz CT molecular complexity index is 1010. The fraction of sp³-hybridized carbons (Fsp3) is 0.500. The molecule has 152 valence electrons. The van der Waals surface area contributed by atoms with Gasteiger partial charge in [-0.25, -0.2) is 24.9 Å². The summed E-state index contributed by atoms with van der Waals surface area (Å²) in [4.78, 5) is 36.3. The van der Waals surface area contributed by atoms with Crippen molar-refractivity contribution in [3.05, 3.63) is 24.5 Å². The third-order valence-electron chi connectivity index (χ3n) is 5.20. The molecule has 1 aliphatic rings. The monoisotopic (exact) mass is 394 g/mol. The zero-order valence-corrected chi connectivity index (χ0v) is 17.1. The van der Waals surface area contributed by atoms with E-state index in [1.165, 1.54) is 0 Å². The van der Waals surface area contributed by atoms with Gasteiger partial charge in [0, 0.05) is 44.5 Å². The van der Waals surface area contributed by atoms with Gasteiger partial charge < -0.3 is 14.8 Å². The number of amides is 1. The second-order valence-electron chi connectivity index (χ2n) is 7.32. The number of nitrogens with one attached hydrogen (secondary N) is 1. The van der Waals surface area contributed by atoms with Gasteiger partial charge in [0.15, 0.2) is 17.0 Å². The van der Waals surface area contributed by atoms with Crippen LogP contribution in [0.3, 0.4) is 0 Å². The fourth-order valence-corrected chi connectivity index (χ4v) is 3.73. The van der Waals surface area contributed by atoms with Crippen LogP contribution >= 0.6 is 0 Å². The van der Waals surface area contributed by atoms with Gasteiger partial charge in [-0.1, -0.05) is 13.8 Å². The Kier molecular flexibility index (Phi) is 5.37. The Morgan fingerprint density at radius 2 is 2.00 bits per heavy atom. The van der Waals surface area contributed by atoms with Gasteiger partial charge in [0.2, 0.25) is 5.91 Å². The molecule has 1 fully saturated rings. The molecule has 4 rings (SSSR count). The summed E-state index contributed by atoms with van der Waals surface area (Å²) in [6, 6.07) is 0.158. The Hall–Kier alpha value is -3.10. The molecule has 1 atom stereocenters. The van der Waals surface area contributed by atoms with Crippen molar-refractivity contribution >= 4 is 22.9 Å². The van der Waals surface area contributed by atoms with Crippen LogP contribution in [0.4, 0.5) is 5.82 Å². The maximum absolute atomic E-state index is 12.0. The summed E-state index contributed by atoms with van der Waals surface area (Å²) in [6.45, 7) is 8.13. The highest BCUT2D eigenvalue weighted by Gasteiger charge is 2.26. The molecule has 4 heterocycles. The average molecular weight is 394 g/mol.